The summed E-state index contributed by atoms with van der Waals surface area (Å²) < 4.78 is 8.62. The van der Waals surface area contributed by atoms with E-state index in [0.717, 1.165) is 0 Å². The third kappa shape index (κ3) is 3.93. The molecular formula is C15H9B2N3O4. The molecule has 1 heterocycles. The van der Waals surface area contributed by atoms with Crippen molar-refractivity contribution >= 4 is 28.0 Å². The normalized spacial score (nSPS) is 9.62. The molecule has 1 amide bonds. The summed E-state index contributed by atoms with van der Waals surface area (Å²) in [5, 5.41) is 11.2. The van der Waals surface area contributed by atoms with Crippen LogP contribution in [0.4, 0.5) is 0 Å². The van der Waals surface area contributed by atoms with Crippen molar-refractivity contribution in [1.29, 1.82) is 5.26 Å². The Morgan fingerprint density at radius 3 is 2.71 bits per heavy atom. The lowest BCUT2D eigenvalue weighted by Crippen LogP contribution is -2.31. The van der Waals surface area contributed by atoms with Gasteiger partial charge >= 0.3 is 22.1 Å². The minimum absolute atomic E-state index is 0.00785. The zero-order chi connectivity index (χ0) is 17.5. The number of hydrogen-bond donors (Lipinski definition) is 1. The van der Waals surface area contributed by atoms with Crippen molar-refractivity contribution in [3.05, 3.63) is 47.8 Å². The molecule has 0 atom stereocenters. The molecule has 0 saturated carbocycles. The van der Waals surface area contributed by atoms with Gasteiger partial charge in [-0.2, -0.15) is 5.26 Å². The lowest BCUT2D eigenvalue weighted by atomic mass is 10.0. The van der Waals surface area contributed by atoms with Gasteiger partial charge in [0.25, 0.3) is 5.91 Å². The predicted molar refractivity (Wildman–Crippen MR) is 84.9 cm³/mol. The Hall–Kier alpha value is -3.27. The van der Waals surface area contributed by atoms with Crippen molar-refractivity contribution in [1.82, 2.24) is 10.3 Å². The van der Waals surface area contributed by atoms with Crippen molar-refractivity contribution in [3.63, 3.8) is 0 Å². The molecule has 0 bridgehead atoms. The average Bonchev–Trinajstić information content (AvgIpc) is 2.65. The lowest BCUT2D eigenvalue weighted by molar-refractivity contribution is -0.132. The second-order valence-corrected chi connectivity index (χ2v) is 4.55. The Bertz CT molecular complexity index is 821. The number of pyridine rings is 1. The van der Waals surface area contributed by atoms with E-state index >= 15 is 0 Å². The van der Waals surface area contributed by atoms with Crippen molar-refractivity contribution in [2.24, 2.45) is 0 Å². The first kappa shape index (κ1) is 17.1. The summed E-state index contributed by atoms with van der Waals surface area (Å²) in [6, 6.07) is 10.3. The van der Waals surface area contributed by atoms with Gasteiger partial charge in [-0.15, -0.1) is 0 Å². The van der Waals surface area contributed by atoms with Gasteiger partial charge in [-0.25, -0.2) is 4.98 Å². The van der Waals surface area contributed by atoms with Crippen LogP contribution >= 0.6 is 0 Å². The molecule has 0 fully saturated rings. The van der Waals surface area contributed by atoms with Crippen LogP contribution in [-0.2, 0) is 9.45 Å². The number of nitriles is 1. The summed E-state index contributed by atoms with van der Waals surface area (Å²) >= 11 is 0. The molecule has 2 aromatic rings. The predicted octanol–water partition coefficient (Wildman–Crippen LogP) is 0.439. The van der Waals surface area contributed by atoms with Crippen molar-refractivity contribution < 1.29 is 18.9 Å². The van der Waals surface area contributed by atoms with Crippen LogP contribution < -0.4 is 9.97 Å². The third-order valence-corrected chi connectivity index (χ3v) is 3.04. The summed E-state index contributed by atoms with van der Waals surface area (Å²) in [6.07, 6.45) is 1.43. The number of carbonyl (C=O) groups excluding carboxylic acids is 2. The maximum atomic E-state index is 12.0. The van der Waals surface area contributed by atoms with Crippen LogP contribution in [0.1, 0.15) is 16.1 Å². The molecule has 4 radical (unpaired) electrons. The Labute approximate surface area is 140 Å². The van der Waals surface area contributed by atoms with E-state index in [1.165, 1.54) is 12.3 Å². The van der Waals surface area contributed by atoms with Crippen molar-refractivity contribution in [3.8, 4) is 22.9 Å². The molecular weight excluding hydrogens is 308 g/mol. The van der Waals surface area contributed by atoms with Crippen LogP contribution in [0.5, 0.6) is 5.75 Å². The highest BCUT2D eigenvalue weighted by molar-refractivity contribution is 6.06. The molecule has 1 aromatic heterocycles. The van der Waals surface area contributed by atoms with Crippen LogP contribution in [-0.4, -0.2) is 39.5 Å². The molecule has 1 N–H and O–H groups in total. The molecule has 9 heteroatoms. The highest BCUT2D eigenvalue weighted by Crippen LogP contribution is 2.26. The van der Waals surface area contributed by atoms with Gasteiger partial charge in [0.15, 0.2) is 5.69 Å². The largest absolute Gasteiger partial charge is 0.566 e. The van der Waals surface area contributed by atoms with Crippen LogP contribution in [0.2, 0.25) is 0 Å². The summed E-state index contributed by atoms with van der Waals surface area (Å²) in [7, 11) is 9.87. The highest BCUT2D eigenvalue weighted by atomic mass is 16.5. The van der Waals surface area contributed by atoms with Gasteiger partial charge < -0.3 is 14.6 Å². The summed E-state index contributed by atoms with van der Waals surface area (Å²) in [4.78, 5) is 26.9. The average molecular weight is 317 g/mol. The topological polar surface area (TPSA) is 101 Å². The maximum Gasteiger partial charge on any atom is 0.378 e. The smallest absolute Gasteiger partial charge is 0.378 e. The number of aromatic nitrogens is 1. The van der Waals surface area contributed by atoms with Crippen LogP contribution in [0.25, 0.3) is 11.1 Å². The first-order valence-corrected chi connectivity index (χ1v) is 6.64. The Kier molecular flexibility index (Phi) is 5.58. The fraction of sp³-hybridized carbons (Fsp3) is 0.0667. The van der Waals surface area contributed by atoms with E-state index < -0.39 is 18.4 Å². The van der Waals surface area contributed by atoms with Gasteiger partial charge in [0.2, 0.25) is 0 Å². The van der Waals surface area contributed by atoms with E-state index in [0.29, 0.717) is 16.7 Å². The molecule has 0 spiro atoms. The number of hydrogen-bond acceptors (Lipinski definition) is 6. The number of benzene rings is 1. The van der Waals surface area contributed by atoms with Gasteiger partial charge in [0.1, 0.15) is 12.3 Å². The first-order valence-electron chi connectivity index (χ1n) is 6.64. The molecule has 0 aliphatic rings. The van der Waals surface area contributed by atoms with E-state index in [-0.39, 0.29) is 11.4 Å². The number of rotatable bonds is 5. The maximum absolute atomic E-state index is 12.0. The van der Waals surface area contributed by atoms with Crippen molar-refractivity contribution in [2.45, 2.75) is 0 Å². The van der Waals surface area contributed by atoms with Gasteiger partial charge in [-0.1, -0.05) is 12.1 Å². The molecule has 24 heavy (non-hydrogen) atoms. The van der Waals surface area contributed by atoms with Crippen LogP contribution in [0, 0.1) is 11.3 Å². The van der Waals surface area contributed by atoms with Crippen molar-refractivity contribution in [2.75, 3.05) is 6.54 Å². The third-order valence-electron chi connectivity index (χ3n) is 3.04. The monoisotopic (exact) mass is 317 g/mol. The SMILES string of the molecule is [B]OC(=O)CNC(=O)c1ncc(-c2cccc(C#N)c2)cc1O[B]. The van der Waals surface area contributed by atoms with Gasteiger partial charge in [-0.3, -0.25) is 9.59 Å². The van der Waals surface area contributed by atoms with E-state index in [1.54, 1.807) is 24.3 Å². The minimum atomic E-state index is -0.816. The summed E-state index contributed by atoms with van der Waals surface area (Å²) in [5.41, 5.74) is 1.68. The van der Waals surface area contributed by atoms with Gasteiger partial charge in [0, 0.05) is 11.8 Å². The minimum Gasteiger partial charge on any atom is -0.566 e. The fourth-order valence-corrected chi connectivity index (χ4v) is 1.91. The van der Waals surface area contributed by atoms with E-state index in [2.05, 4.69) is 27.7 Å². The number of nitrogens with one attached hydrogen (secondary N) is 1. The number of amides is 1. The Morgan fingerprint density at radius 1 is 1.25 bits per heavy atom. The molecule has 2 rings (SSSR count). The summed E-state index contributed by atoms with van der Waals surface area (Å²) in [5.74, 6) is -1.49. The van der Waals surface area contributed by atoms with Gasteiger partial charge in [-0.05, 0) is 23.8 Å². The molecule has 114 valence electrons. The van der Waals surface area contributed by atoms with E-state index in [4.69, 9.17) is 13.3 Å². The number of carbonyl (C=O) groups is 2. The molecule has 0 aliphatic heterocycles. The molecule has 1 aromatic carbocycles. The van der Waals surface area contributed by atoms with Crippen LogP contribution in [0.3, 0.4) is 0 Å². The Morgan fingerprint density at radius 2 is 2.04 bits per heavy atom. The van der Waals surface area contributed by atoms with Gasteiger partial charge in [0.05, 0.1) is 11.6 Å². The highest BCUT2D eigenvalue weighted by Gasteiger charge is 2.16. The quantitative estimate of drug-likeness (QED) is 0.803. The second kappa shape index (κ2) is 7.83. The molecule has 0 aliphatic carbocycles. The second-order valence-electron chi connectivity index (χ2n) is 4.55. The molecule has 0 saturated heterocycles. The first-order chi connectivity index (χ1) is 11.6. The lowest BCUT2D eigenvalue weighted by Gasteiger charge is -2.10. The van der Waals surface area contributed by atoms with Crippen LogP contribution in [0.15, 0.2) is 36.5 Å². The zero-order valence-electron chi connectivity index (χ0n) is 12.4. The molecule has 7 nitrogen and oxygen atoms in total. The zero-order valence-corrected chi connectivity index (χ0v) is 12.4. The Balaban J connectivity index is 2.28. The number of nitrogens with zero attached hydrogens (tertiary/aromatic N) is 2. The summed E-state index contributed by atoms with van der Waals surface area (Å²) in [6.45, 7) is -0.424. The molecule has 0 unspecified atom stereocenters. The fourth-order valence-electron chi connectivity index (χ4n) is 1.91. The standard InChI is InChI=1S/C15H9B2N3O4/c16-23-12-5-11(10-3-1-2-9(4-10)6-18)7-19-14(12)15(22)20-8-13(21)24-17/h1-5,7H,8H2,(H,20,22). The van der Waals surface area contributed by atoms with E-state index in [9.17, 15) is 9.59 Å². The van der Waals surface area contributed by atoms with E-state index in [1.807, 2.05) is 6.07 Å².